The normalized spacial score (nSPS) is 20.4. The Kier molecular flexibility index (Phi) is 6.99. The van der Waals surface area contributed by atoms with Gasteiger partial charge in [-0.05, 0) is 35.4 Å². The summed E-state index contributed by atoms with van der Waals surface area (Å²) in [7, 11) is 0. The summed E-state index contributed by atoms with van der Waals surface area (Å²) in [4.78, 5) is 2.68. The average molecular weight is 400 g/mol. The quantitative estimate of drug-likeness (QED) is 0.367. The van der Waals surface area contributed by atoms with Crippen LogP contribution in [-0.2, 0) is 24.4 Å². The van der Waals surface area contributed by atoms with Crippen molar-refractivity contribution < 1.29 is 4.74 Å². The van der Waals surface area contributed by atoms with E-state index in [-0.39, 0.29) is 5.54 Å². The van der Waals surface area contributed by atoms with E-state index in [0.29, 0.717) is 12.5 Å². The second-order valence-electron chi connectivity index (χ2n) is 8.60. The minimum Gasteiger partial charge on any atom is -0.375 e. The molecule has 4 rings (SSSR count). The smallest absolute Gasteiger partial charge is 0.0717 e. The van der Waals surface area contributed by atoms with Gasteiger partial charge < -0.3 is 4.74 Å². The van der Waals surface area contributed by atoms with Gasteiger partial charge in [0.25, 0.3) is 0 Å². The lowest BCUT2D eigenvalue weighted by Gasteiger charge is -2.34. The van der Waals surface area contributed by atoms with Gasteiger partial charge in [-0.25, -0.2) is 0 Å². The summed E-state index contributed by atoms with van der Waals surface area (Å²) < 4.78 is 6.34. The Morgan fingerprint density at radius 3 is 1.77 bits per heavy atom. The highest BCUT2D eigenvalue weighted by molar-refractivity contribution is 5.21. The van der Waals surface area contributed by atoms with E-state index in [1.165, 1.54) is 36.0 Å². The fourth-order valence-corrected chi connectivity index (χ4v) is 4.64. The van der Waals surface area contributed by atoms with Crippen LogP contribution in [-0.4, -0.2) is 17.0 Å². The molecule has 1 aliphatic carbocycles. The predicted molar refractivity (Wildman–Crippen MR) is 124 cm³/mol. The molecular formula is C28H33NO. The first kappa shape index (κ1) is 20.8. The van der Waals surface area contributed by atoms with Crippen molar-refractivity contribution >= 4 is 0 Å². The number of rotatable bonds is 11. The zero-order valence-electron chi connectivity index (χ0n) is 18.0. The Bertz CT molecular complexity index is 839. The van der Waals surface area contributed by atoms with Crippen LogP contribution in [0.5, 0.6) is 0 Å². The minimum atomic E-state index is 0.135. The highest BCUT2D eigenvalue weighted by Gasteiger charge is 2.57. The Balaban J connectivity index is 1.53. The van der Waals surface area contributed by atoms with Gasteiger partial charge in [0.1, 0.15) is 0 Å². The van der Waals surface area contributed by atoms with E-state index in [2.05, 4.69) is 103 Å². The lowest BCUT2D eigenvalue weighted by molar-refractivity contribution is 0.0209. The standard InChI is InChI=1S/C28H33NO/c1-2-12-27-19-28(27,23-30-22-26-17-10-5-11-18-26)29(20-24-13-6-3-7-14-24)21-25-15-8-4-9-16-25/h3-11,13-18,27H,2,12,19-23H2,1H3/t27-,28-/m0/s1. The lowest BCUT2D eigenvalue weighted by Crippen LogP contribution is -2.42. The van der Waals surface area contributed by atoms with Gasteiger partial charge in [0.05, 0.1) is 13.2 Å². The molecule has 0 spiro atoms. The molecule has 2 atom stereocenters. The zero-order valence-corrected chi connectivity index (χ0v) is 18.0. The van der Waals surface area contributed by atoms with E-state index in [1.807, 2.05) is 0 Å². The van der Waals surface area contributed by atoms with Gasteiger partial charge in [0, 0.05) is 18.6 Å². The molecule has 0 aliphatic heterocycles. The molecular weight excluding hydrogens is 366 g/mol. The number of hydrogen-bond donors (Lipinski definition) is 0. The predicted octanol–water partition coefficient (Wildman–Crippen LogP) is 6.46. The molecule has 1 aliphatic rings. The van der Waals surface area contributed by atoms with Gasteiger partial charge in [0.15, 0.2) is 0 Å². The van der Waals surface area contributed by atoms with Crippen molar-refractivity contribution in [2.24, 2.45) is 5.92 Å². The Morgan fingerprint density at radius 2 is 1.27 bits per heavy atom. The maximum atomic E-state index is 6.34. The molecule has 3 aromatic carbocycles. The molecule has 1 saturated carbocycles. The fourth-order valence-electron chi connectivity index (χ4n) is 4.64. The van der Waals surface area contributed by atoms with Crippen LogP contribution in [0.15, 0.2) is 91.0 Å². The first-order valence-electron chi connectivity index (χ1n) is 11.2. The molecule has 0 radical (unpaired) electrons. The fraction of sp³-hybridized carbons (Fsp3) is 0.357. The van der Waals surface area contributed by atoms with E-state index in [4.69, 9.17) is 4.74 Å². The largest absolute Gasteiger partial charge is 0.375 e. The van der Waals surface area contributed by atoms with Gasteiger partial charge in [-0.15, -0.1) is 0 Å². The maximum Gasteiger partial charge on any atom is 0.0717 e. The summed E-state index contributed by atoms with van der Waals surface area (Å²) >= 11 is 0. The third-order valence-corrected chi connectivity index (χ3v) is 6.36. The van der Waals surface area contributed by atoms with Crippen molar-refractivity contribution in [1.29, 1.82) is 0 Å². The summed E-state index contributed by atoms with van der Waals surface area (Å²) in [6, 6.07) is 32.3. The van der Waals surface area contributed by atoms with Crippen molar-refractivity contribution in [1.82, 2.24) is 4.90 Å². The molecule has 2 nitrogen and oxygen atoms in total. The van der Waals surface area contributed by atoms with Gasteiger partial charge in [-0.3, -0.25) is 4.90 Å². The van der Waals surface area contributed by atoms with Crippen LogP contribution in [0.4, 0.5) is 0 Å². The molecule has 30 heavy (non-hydrogen) atoms. The molecule has 0 N–H and O–H groups in total. The monoisotopic (exact) mass is 399 g/mol. The second kappa shape index (κ2) is 10.1. The maximum absolute atomic E-state index is 6.34. The summed E-state index contributed by atoms with van der Waals surface area (Å²) in [5.74, 6) is 0.714. The lowest BCUT2D eigenvalue weighted by atomic mass is 10.1. The number of hydrogen-bond acceptors (Lipinski definition) is 2. The topological polar surface area (TPSA) is 12.5 Å². The van der Waals surface area contributed by atoms with E-state index in [9.17, 15) is 0 Å². The van der Waals surface area contributed by atoms with Crippen molar-refractivity contribution in [3.63, 3.8) is 0 Å². The third-order valence-electron chi connectivity index (χ3n) is 6.36. The van der Waals surface area contributed by atoms with Crippen LogP contribution in [0.25, 0.3) is 0 Å². The van der Waals surface area contributed by atoms with Crippen molar-refractivity contribution in [2.45, 2.75) is 51.4 Å². The van der Waals surface area contributed by atoms with Crippen molar-refractivity contribution in [2.75, 3.05) is 6.61 Å². The molecule has 0 bridgehead atoms. The molecule has 0 aromatic heterocycles. The molecule has 0 heterocycles. The van der Waals surface area contributed by atoms with Gasteiger partial charge in [-0.2, -0.15) is 0 Å². The molecule has 0 unspecified atom stereocenters. The van der Waals surface area contributed by atoms with E-state index in [0.717, 1.165) is 19.7 Å². The van der Waals surface area contributed by atoms with Crippen LogP contribution in [0.3, 0.4) is 0 Å². The summed E-state index contributed by atoms with van der Waals surface area (Å²) in [6.07, 6.45) is 3.74. The van der Waals surface area contributed by atoms with Crippen LogP contribution in [0, 0.1) is 5.92 Å². The Morgan fingerprint density at radius 1 is 0.767 bits per heavy atom. The molecule has 0 amide bonds. The van der Waals surface area contributed by atoms with E-state index < -0.39 is 0 Å². The summed E-state index contributed by atoms with van der Waals surface area (Å²) in [5, 5.41) is 0. The van der Waals surface area contributed by atoms with Crippen LogP contribution < -0.4 is 0 Å². The van der Waals surface area contributed by atoms with Gasteiger partial charge >= 0.3 is 0 Å². The molecule has 156 valence electrons. The molecule has 2 heteroatoms. The molecule has 1 fully saturated rings. The molecule has 0 saturated heterocycles. The summed E-state index contributed by atoms with van der Waals surface area (Å²) in [6.45, 7) is 5.71. The first-order valence-corrected chi connectivity index (χ1v) is 11.2. The number of nitrogens with zero attached hydrogens (tertiary/aromatic N) is 1. The van der Waals surface area contributed by atoms with Gasteiger partial charge in [0.2, 0.25) is 0 Å². The van der Waals surface area contributed by atoms with E-state index in [1.54, 1.807) is 0 Å². The van der Waals surface area contributed by atoms with Crippen molar-refractivity contribution in [3.05, 3.63) is 108 Å². The average Bonchev–Trinajstić information content (AvgIpc) is 3.49. The minimum absolute atomic E-state index is 0.135. The highest BCUT2D eigenvalue weighted by Crippen LogP contribution is 2.52. The van der Waals surface area contributed by atoms with E-state index >= 15 is 0 Å². The van der Waals surface area contributed by atoms with Gasteiger partial charge in [-0.1, -0.05) is 104 Å². The Labute approximate surface area is 181 Å². The number of benzene rings is 3. The second-order valence-corrected chi connectivity index (χ2v) is 8.60. The summed E-state index contributed by atoms with van der Waals surface area (Å²) in [5.41, 5.74) is 4.13. The number of ether oxygens (including phenoxy) is 1. The van der Waals surface area contributed by atoms with Crippen LogP contribution >= 0.6 is 0 Å². The Hall–Kier alpha value is -2.42. The highest BCUT2D eigenvalue weighted by atomic mass is 16.5. The van der Waals surface area contributed by atoms with Crippen molar-refractivity contribution in [3.8, 4) is 0 Å². The SMILES string of the molecule is CCC[C@H]1C[C@@]1(COCc1ccccc1)N(Cc1ccccc1)Cc1ccccc1. The van der Waals surface area contributed by atoms with Crippen LogP contribution in [0.1, 0.15) is 42.9 Å². The third kappa shape index (κ3) is 5.19. The zero-order chi connectivity index (χ0) is 20.7. The van der Waals surface area contributed by atoms with Crippen LogP contribution in [0.2, 0.25) is 0 Å². The molecule has 3 aromatic rings. The first-order chi connectivity index (χ1) is 14.8.